The van der Waals surface area contributed by atoms with E-state index in [4.69, 9.17) is 4.74 Å². The van der Waals surface area contributed by atoms with Crippen molar-refractivity contribution in [2.24, 2.45) is 23.7 Å². The van der Waals surface area contributed by atoms with Gasteiger partial charge in [0, 0.05) is 0 Å². The van der Waals surface area contributed by atoms with E-state index in [2.05, 4.69) is 13.8 Å². The van der Waals surface area contributed by atoms with Crippen molar-refractivity contribution in [3.05, 3.63) is 0 Å². The van der Waals surface area contributed by atoms with E-state index in [1.807, 2.05) is 0 Å². The monoisotopic (exact) mass is 350 g/mol. The molecular formula is C23H42O2. The standard InChI is InChI=1S/C23H42O2/c1-3-5-7-9-19-10-12-20(13-11-19)21-14-16-22(17-15-21)23(24)25-18-8-6-4-2/h19-22H,3-18H2,1-2H3. The van der Waals surface area contributed by atoms with Crippen LogP contribution in [0.25, 0.3) is 0 Å². The number of rotatable bonds is 10. The van der Waals surface area contributed by atoms with Gasteiger partial charge in [-0.3, -0.25) is 4.79 Å². The number of hydrogen-bond donors (Lipinski definition) is 0. The van der Waals surface area contributed by atoms with Gasteiger partial charge in [-0.15, -0.1) is 0 Å². The molecule has 2 rings (SSSR count). The van der Waals surface area contributed by atoms with E-state index in [9.17, 15) is 4.79 Å². The third kappa shape index (κ3) is 7.31. The number of carbonyl (C=O) groups is 1. The smallest absolute Gasteiger partial charge is 0.308 e. The van der Waals surface area contributed by atoms with Crippen LogP contribution in [0.1, 0.15) is 110 Å². The zero-order chi connectivity index (χ0) is 17.9. The maximum absolute atomic E-state index is 12.2. The molecule has 2 nitrogen and oxygen atoms in total. The molecule has 2 saturated carbocycles. The molecule has 2 heteroatoms. The van der Waals surface area contributed by atoms with E-state index >= 15 is 0 Å². The summed E-state index contributed by atoms with van der Waals surface area (Å²) in [5.74, 6) is 3.14. The molecule has 0 unspecified atom stereocenters. The van der Waals surface area contributed by atoms with Crippen LogP contribution in [-0.2, 0) is 9.53 Å². The Labute approximate surface area is 156 Å². The Balaban J connectivity index is 1.60. The van der Waals surface area contributed by atoms with E-state index in [1.54, 1.807) is 0 Å². The van der Waals surface area contributed by atoms with Crippen LogP contribution in [0.2, 0.25) is 0 Å². The molecule has 25 heavy (non-hydrogen) atoms. The molecule has 0 aromatic rings. The third-order valence-corrected chi connectivity index (χ3v) is 6.87. The van der Waals surface area contributed by atoms with Gasteiger partial charge in [0.15, 0.2) is 0 Å². The van der Waals surface area contributed by atoms with Crippen LogP contribution >= 0.6 is 0 Å². The zero-order valence-corrected chi connectivity index (χ0v) is 16.9. The second-order valence-corrected chi connectivity index (χ2v) is 8.76. The molecule has 0 saturated heterocycles. The maximum Gasteiger partial charge on any atom is 0.308 e. The summed E-state index contributed by atoms with van der Waals surface area (Å²) in [6.07, 6.45) is 19.6. The summed E-state index contributed by atoms with van der Waals surface area (Å²) >= 11 is 0. The van der Waals surface area contributed by atoms with Crippen molar-refractivity contribution in [2.45, 2.75) is 110 Å². The van der Waals surface area contributed by atoms with Gasteiger partial charge in [-0.2, -0.15) is 0 Å². The summed E-state index contributed by atoms with van der Waals surface area (Å²) in [6, 6.07) is 0. The highest BCUT2D eigenvalue weighted by molar-refractivity contribution is 5.72. The summed E-state index contributed by atoms with van der Waals surface area (Å²) in [4.78, 5) is 12.2. The highest BCUT2D eigenvalue weighted by Gasteiger charge is 2.33. The Hall–Kier alpha value is -0.530. The summed E-state index contributed by atoms with van der Waals surface area (Å²) < 4.78 is 5.49. The average Bonchev–Trinajstić information content (AvgIpc) is 2.66. The van der Waals surface area contributed by atoms with Crippen molar-refractivity contribution in [1.29, 1.82) is 0 Å². The predicted octanol–water partition coefficient (Wildman–Crippen LogP) is 6.91. The summed E-state index contributed by atoms with van der Waals surface area (Å²) in [5.41, 5.74) is 0. The summed E-state index contributed by atoms with van der Waals surface area (Å²) in [7, 11) is 0. The van der Waals surface area contributed by atoms with Crippen LogP contribution in [0.3, 0.4) is 0 Å². The Bertz CT molecular complexity index is 349. The lowest BCUT2D eigenvalue weighted by Crippen LogP contribution is -2.29. The van der Waals surface area contributed by atoms with Gasteiger partial charge in [-0.25, -0.2) is 0 Å². The second-order valence-electron chi connectivity index (χ2n) is 8.76. The number of carbonyl (C=O) groups excluding carboxylic acids is 1. The Morgan fingerprint density at radius 2 is 1.32 bits per heavy atom. The molecule has 2 fully saturated rings. The van der Waals surface area contributed by atoms with Gasteiger partial charge in [-0.05, 0) is 62.7 Å². The Kier molecular flexibility index (Phi) is 9.94. The molecule has 0 N–H and O–H groups in total. The first-order valence-corrected chi connectivity index (χ1v) is 11.4. The highest BCUT2D eigenvalue weighted by atomic mass is 16.5. The molecule has 2 aliphatic rings. The normalized spacial score (nSPS) is 30.2. The Morgan fingerprint density at radius 1 is 0.760 bits per heavy atom. The lowest BCUT2D eigenvalue weighted by Gasteiger charge is -2.37. The van der Waals surface area contributed by atoms with Crippen molar-refractivity contribution in [1.82, 2.24) is 0 Å². The Morgan fingerprint density at radius 3 is 1.92 bits per heavy atom. The topological polar surface area (TPSA) is 26.3 Å². The first-order chi connectivity index (χ1) is 12.2. The lowest BCUT2D eigenvalue weighted by atomic mass is 9.68. The van der Waals surface area contributed by atoms with Crippen LogP contribution in [0, 0.1) is 23.7 Å². The van der Waals surface area contributed by atoms with Crippen LogP contribution in [0.4, 0.5) is 0 Å². The molecule has 0 bridgehead atoms. The molecule has 0 heterocycles. The van der Waals surface area contributed by atoms with E-state index in [-0.39, 0.29) is 11.9 Å². The molecule has 0 radical (unpaired) electrons. The van der Waals surface area contributed by atoms with E-state index in [1.165, 1.54) is 77.0 Å². The molecule has 0 aromatic carbocycles. The zero-order valence-electron chi connectivity index (χ0n) is 16.9. The first kappa shape index (κ1) is 20.8. The van der Waals surface area contributed by atoms with Crippen molar-refractivity contribution < 1.29 is 9.53 Å². The average molecular weight is 351 g/mol. The number of ether oxygens (including phenoxy) is 1. The molecule has 0 aromatic heterocycles. The molecule has 0 atom stereocenters. The van der Waals surface area contributed by atoms with E-state index < -0.39 is 0 Å². The van der Waals surface area contributed by atoms with Gasteiger partial charge in [0.25, 0.3) is 0 Å². The fourth-order valence-electron chi connectivity index (χ4n) is 5.10. The molecule has 0 aliphatic heterocycles. The summed E-state index contributed by atoms with van der Waals surface area (Å²) in [5, 5.41) is 0. The van der Waals surface area contributed by atoms with Crippen molar-refractivity contribution in [2.75, 3.05) is 6.61 Å². The molecule has 146 valence electrons. The summed E-state index contributed by atoms with van der Waals surface area (Å²) in [6.45, 7) is 5.12. The quantitative estimate of drug-likeness (QED) is 0.316. The fraction of sp³-hybridized carbons (Fsp3) is 0.957. The van der Waals surface area contributed by atoms with Crippen LogP contribution in [0.15, 0.2) is 0 Å². The van der Waals surface area contributed by atoms with Crippen LogP contribution < -0.4 is 0 Å². The molecular weight excluding hydrogens is 308 g/mol. The second kappa shape index (κ2) is 12.0. The van der Waals surface area contributed by atoms with Gasteiger partial charge in [0.2, 0.25) is 0 Å². The van der Waals surface area contributed by atoms with Crippen molar-refractivity contribution in [3.8, 4) is 0 Å². The maximum atomic E-state index is 12.2. The van der Waals surface area contributed by atoms with Gasteiger partial charge < -0.3 is 4.74 Å². The van der Waals surface area contributed by atoms with Crippen LogP contribution in [-0.4, -0.2) is 12.6 Å². The fourth-order valence-corrected chi connectivity index (χ4v) is 5.10. The van der Waals surface area contributed by atoms with E-state index in [0.29, 0.717) is 6.61 Å². The lowest BCUT2D eigenvalue weighted by molar-refractivity contribution is -0.150. The number of hydrogen-bond acceptors (Lipinski definition) is 2. The predicted molar refractivity (Wildman–Crippen MR) is 106 cm³/mol. The van der Waals surface area contributed by atoms with Gasteiger partial charge in [0.1, 0.15) is 0 Å². The molecule has 0 spiro atoms. The van der Waals surface area contributed by atoms with Crippen LogP contribution in [0.5, 0.6) is 0 Å². The van der Waals surface area contributed by atoms with Crippen molar-refractivity contribution in [3.63, 3.8) is 0 Å². The largest absolute Gasteiger partial charge is 0.465 e. The minimum absolute atomic E-state index is 0.0918. The van der Waals surface area contributed by atoms with Gasteiger partial charge in [-0.1, -0.05) is 65.2 Å². The minimum Gasteiger partial charge on any atom is -0.465 e. The number of unbranched alkanes of at least 4 members (excludes halogenated alkanes) is 4. The first-order valence-electron chi connectivity index (χ1n) is 11.4. The third-order valence-electron chi connectivity index (χ3n) is 6.87. The minimum atomic E-state index is 0.0918. The SMILES string of the molecule is CCCCCOC(=O)C1CCC(C2CCC(CCCCC)CC2)CC1. The highest BCUT2D eigenvalue weighted by Crippen LogP contribution is 2.42. The van der Waals surface area contributed by atoms with Gasteiger partial charge >= 0.3 is 5.97 Å². The van der Waals surface area contributed by atoms with Gasteiger partial charge in [0.05, 0.1) is 12.5 Å². The van der Waals surface area contributed by atoms with E-state index in [0.717, 1.165) is 37.0 Å². The molecule has 0 amide bonds. The van der Waals surface area contributed by atoms with Crippen molar-refractivity contribution >= 4 is 5.97 Å². The molecule has 2 aliphatic carbocycles. The number of esters is 1.